The summed E-state index contributed by atoms with van der Waals surface area (Å²) in [4.78, 5) is 13.4. The molecule has 9 nitrogen and oxygen atoms in total. The lowest BCUT2D eigenvalue weighted by Crippen LogP contribution is -2.48. The summed E-state index contributed by atoms with van der Waals surface area (Å²) in [5, 5.41) is 28.7. The first-order chi connectivity index (χ1) is 17.6. The van der Waals surface area contributed by atoms with Crippen molar-refractivity contribution < 1.29 is 32.5 Å². The molecular formula is C25H24F3N5O4. The largest absolute Gasteiger partial charge is 0.467 e. The van der Waals surface area contributed by atoms with Crippen LogP contribution in [0.4, 0.5) is 18.0 Å². The average Bonchev–Trinajstić information content (AvgIpc) is 3.38. The van der Waals surface area contributed by atoms with Crippen LogP contribution in [0.3, 0.4) is 0 Å². The molecule has 12 heteroatoms. The highest BCUT2D eigenvalue weighted by molar-refractivity contribution is 5.87. The molecule has 5 rings (SSSR count). The summed E-state index contributed by atoms with van der Waals surface area (Å²) in [5.74, 6) is -0.0675. The number of hydrogen-bond acceptors (Lipinski definition) is 6. The van der Waals surface area contributed by atoms with Gasteiger partial charge in [0.25, 0.3) is 0 Å². The number of carbonyl (C=O) groups is 1. The van der Waals surface area contributed by atoms with Crippen LogP contribution < -0.4 is 4.74 Å². The number of nitrogens with zero attached hydrogens (tertiary/aromatic N) is 5. The molecule has 2 aliphatic rings. The van der Waals surface area contributed by atoms with Crippen molar-refractivity contribution in [3.05, 3.63) is 41.1 Å². The van der Waals surface area contributed by atoms with Gasteiger partial charge in [-0.05, 0) is 56.4 Å². The standard InChI is InChI=1S/C25H24F3N5O4/c1-13-7-15(25(26,27)28)8-21(37-12-36-2)22(13)18-9-17-14(10-29)11-32(23(17)31-30-18)19-5-3-16-4-6-20(19)33(16)24(34)35/h7-9,11,16,19-20H,3-6,12H2,1-2H3,(H,34,35). The Morgan fingerprint density at radius 1 is 1.19 bits per heavy atom. The molecule has 3 atom stereocenters. The fourth-order valence-electron chi connectivity index (χ4n) is 5.74. The van der Waals surface area contributed by atoms with Crippen molar-refractivity contribution in [1.29, 1.82) is 5.26 Å². The minimum absolute atomic E-state index is 0.00173. The number of hydrogen-bond donors (Lipinski definition) is 1. The van der Waals surface area contributed by atoms with Crippen molar-refractivity contribution in [3.63, 3.8) is 0 Å². The molecule has 2 aliphatic heterocycles. The summed E-state index contributed by atoms with van der Waals surface area (Å²) in [6, 6.07) is 5.24. The van der Waals surface area contributed by atoms with Crippen LogP contribution in [0.5, 0.6) is 5.75 Å². The summed E-state index contributed by atoms with van der Waals surface area (Å²) in [6.45, 7) is 1.25. The van der Waals surface area contributed by atoms with Crippen LogP contribution in [-0.2, 0) is 10.9 Å². The third-order valence-electron chi connectivity index (χ3n) is 7.28. The second kappa shape index (κ2) is 9.23. The normalized spacial score (nSPS) is 21.3. The lowest BCUT2D eigenvalue weighted by atomic mass is 9.97. The molecule has 0 saturated carbocycles. The van der Waals surface area contributed by atoms with Gasteiger partial charge in [0.2, 0.25) is 0 Å². The Balaban J connectivity index is 1.61. The van der Waals surface area contributed by atoms with Crippen LogP contribution >= 0.6 is 0 Å². The molecule has 2 saturated heterocycles. The van der Waals surface area contributed by atoms with E-state index in [0.29, 0.717) is 28.6 Å². The van der Waals surface area contributed by atoms with Gasteiger partial charge in [-0.15, -0.1) is 10.2 Å². The van der Waals surface area contributed by atoms with E-state index in [1.807, 2.05) is 4.57 Å². The molecule has 4 heterocycles. The van der Waals surface area contributed by atoms with E-state index in [1.165, 1.54) is 18.9 Å². The molecule has 0 aliphatic carbocycles. The third kappa shape index (κ3) is 4.23. The van der Waals surface area contributed by atoms with Crippen molar-refractivity contribution in [2.24, 2.45) is 0 Å². The molecule has 0 radical (unpaired) electrons. The van der Waals surface area contributed by atoms with Crippen LogP contribution in [0, 0.1) is 18.3 Å². The number of fused-ring (bicyclic) bond motifs is 3. The Labute approximate surface area is 210 Å². The number of nitriles is 1. The number of alkyl halides is 3. The molecule has 1 N–H and O–H groups in total. The minimum atomic E-state index is -4.57. The van der Waals surface area contributed by atoms with E-state index in [-0.39, 0.29) is 41.9 Å². The number of aryl methyl sites for hydroxylation is 1. The number of aromatic nitrogens is 3. The number of carboxylic acid groups (broad SMARTS) is 1. The van der Waals surface area contributed by atoms with Crippen molar-refractivity contribution >= 4 is 17.1 Å². The predicted molar refractivity (Wildman–Crippen MR) is 125 cm³/mol. The van der Waals surface area contributed by atoms with Crippen LogP contribution in [0.15, 0.2) is 24.4 Å². The number of halogens is 3. The molecule has 1 aromatic carbocycles. The van der Waals surface area contributed by atoms with E-state index in [9.17, 15) is 28.3 Å². The first-order valence-corrected chi connectivity index (χ1v) is 11.8. The van der Waals surface area contributed by atoms with Crippen molar-refractivity contribution in [1.82, 2.24) is 19.7 Å². The van der Waals surface area contributed by atoms with E-state index in [1.54, 1.807) is 12.3 Å². The van der Waals surface area contributed by atoms with Crippen LogP contribution in [-0.4, -0.2) is 56.9 Å². The van der Waals surface area contributed by atoms with Crippen LogP contribution in [0.1, 0.15) is 48.4 Å². The highest BCUT2D eigenvalue weighted by Gasteiger charge is 2.46. The highest BCUT2D eigenvalue weighted by atomic mass is 19.4. The number of rotatable bonds is 5. The van der Waals surface area contributed by atoms with Crippen molar-refractivity contribution in [2.45, 2.75) is 56.9 Å². The lowest BCUT2D eigenvalue weighted by Gasteiger charge is -2.39. The van der Waals surface area contributed by atoms with E-state index in [0.717, 1.165) is 31.4 Å². The van der Waals surface area contributed by atoms with Gasteiger partial charge in [0.1, 0.15) is 11.8 Å². The first kappa shape index (κ1) is 24.8. The topological polar surface area (TPSA) is 114 Å². The van der Waals surface area contributed by atoms with E-state index in [4.69, 9.17) is 9.47 Å². The van der Waals surface area contributed by atoms with Gasteiger partial charge in [0.15, 0.2) is 12.4 Å². The number of amides is 1. The Morgan fingerprint density at radius 3 is 2.57 bits per heavy atom. The molecule has 0 spiro atoms. The lowest BCUT2D eigenvalue weighted by molar-refractivity contribution is -0.137. The maximum absolute atomic E-state index is 13.4. The number of ether oxygens (including phenoxy) is 2. The summed E-state index contributed by atoms with van der Waals surface area (Å²) < 4.78 is 52.5. The zero-order valence-electron chi connectivity index (χ0n) is 20.1. The van der Waals surface area contributed by atoms with E-state index in [2.05, 4.69) is 16.3 Å². The third-order valence-corrected chi connectivity index (χ3v) is 7.28. The smallest absolute Gasteiger partial charge is 0.416 e. The monoisotopic (exact) mass is 515 g/mol. The average molecular weight is 515 g/mol. The fourth-order valence-corrected chi connectivity index (χ4v) is 5.74. The van der Waals surface area contributed by atoms with Crippen LogP contribution in [0.25, 0.3) is 22.3 Å². The Kier molecular flexibility index (Phi) is 6.19. The maximum Gasteiger partial charge on any atom is 0.416 e. The molecule has 3 unspecified atom stereocenters. The van der Waals surface area contributed by atoms with Crippen LogP contribution in [0.2, 0.25) is 0 Å². The summed E-state index contributed by atoms with van der Waals surface area (Å²) in [5.41, 5.74) is 0.698. The Hall–Kier alpha value is -3.85. The van der Waals surface area contributed by atoms with Gasteiger partial charge in [-0.2, -0.15) is 18.4 Å². The zero-order chi connectivity index (χ0) is 26.5. The van der Waals surface area contributed by atoms with Gasteiger partial charge in [0.05, 0.1) is 28.9 Å². The zero-order valence-corrected chi connectivity index (χ0v) is 20.1. The SMILES string of the molecule is COCOc1cc(C(F)(F)F)cc(C)c1-c1cc2c(C#N)cn(C3CCC4CCC3N4C(=O)O)c2nn1. The van der Waals surface area contributed by atoms with Crippen molar-refractivity contribution in [3.8, 4) is 23.1 Å². The van der Waals surface area contributed by atoms with E-state index >= 15 is 0 Å². The predicted octanol–water partition coefficient (Wildman–Crippen LogP) is 5.13. The van der Waals surface area contributed by atoms with Gasteiger partial charge >= 0.3 is 12.3 Å². The molecule has 2 aromatic heterocycles. The Bertz CT molecular complexity index is 1410. The second-order valence-electron chi connectivity index (χ2n) is 9.38. The molecule has 37 heavy (non-hydrogen) atoms. The minimum Gasteiger partial charge on any atom is -0.467 e. The molecule has 1 amide bonds. The van der Waals surface area contributed by atoms with E-state index < -0.39 is 17.8 Å². The maximum atomic E-state index is 13.4. The Morgan fingerprint density at radius 2 is 1.92 bits per heavy atom. The van der Waals surface area contributed by atoms with Gasteiger partial charge in [-0.1, -0.05) is 0 Å². The molecule has 2 bridgehead atoms. The molecule has 2 fully saturated rings. The highest BCUT2D eigenvalue weighted by Crippen LogP contribution is 2.44. The van der Waals surface area contributed by atoms with Crippen molar-refractivity contribution in [2.75, 3.05) is 13.9 Å². The summed E-state index contributed by atoms with van der Waals surface area (Å²) in [7, 11) is 1.36. The molecule has 3 aromatic rings. The second-order valence-corrected chi connectivity index (χ2v) is 9.38. The summed E-state index contributed by atoms with van der Waals surface area (Å²) >= 11 is 0. The number of methoxy groups -OCH3 is 1. The number of piperidine rings is 1. The molecule has 194 valence electrons. The number of benzene rings is 1. The molecular weight excluding hydrogens is 491 g/mol. The van der Waals surface area contributed by atoms with Gasteiger partial charge < -0.3 is 24.0 Å². The van der Waals surface area contributed by atoms with Gasteiger partial charge in [-0.25, -0.2) is 4.79 Å². The first-order valence-electron chi connectivity index (χ1n) is 11.8. The summed E-state index contributed by atoms with van der Waals surface area (Å²) in [6.07, 6.45) is -0.892. The fraction of sp³-hybridized carbons (Fsp3) is 0.440. The quantitative estimate of drug-likeness (QED) is 0.469. The van der Waals surface area contributed by atoms with Gasteiger partial charge in [0, 0.05) is 30.3 Å². The van der Waals surface area contributed by atoms with Gasteiger partial charge in [-0.3, -0.25) is 0 Å².